The lowest BCUT2D eigenvalue weighted by Crippen LogP contribution is -2.44. The molecule has 2 amide bonds. The van der Waals surface area contributed by atoms with E-state index >= 15 is 0 Å². The van der Waals surface area contributed by atoms with Crippen molar-refractivity contribution in [1.29, 1.82) is 0 Å². The average molecular weight is 218 g/mol. The monoisotopic (exact) mass is 218 g/mol. The van der Waals surface area contributed by atoms with Crippen LogP contribution in [0.5, 0.6) is 0 Å². The van der Waals surface area contributed by atoms with Gasteiger partial charge in [-0.2, -0.15) is 0 Å². The third-order valence-corrected chi connectivity index (χ3v) is 2.41. The maximum absolute atomic E-state index is 11.8. The molecule has 1 aromatic rings. The van der Waals surface area contributed by atoms with Gasteiger partial charge in [0.15, 0.2) is 5.71 Å². The highest BCUT2D eigenvalue weighted by Gasteiger charge is 2.33. The largest absolute Gasteiger partial charge is 0.398 e. The SMILES string of the molecule is CON=C1C(=O)N(C)C(=O)c2ccccc21. The third-order valence-electron chi connectivity index (χ3n) is 2.41. The molecular formula is C11H10N2O3. The molecule has 5 heteroatoms. The van der Waals surface area contributed by atoms with Crippen LogP contribution in [0.2, 0.25) is 0 Å². The Morgan fingerprint density at radius 3 is 2.38 bits per heavy atom. The van der Waals surface area contributed by atoms with Gasteiger partial charge < -0.3 is 4.84 Å². The Balaban J connectivity index is 2.66. The predicted molar refractivity (Wildman–Crippen MR) is 57.1 cm³/mol. The fraction of sp³-hybridized carbons (Fsp3) is 0.182. The van der Waals surface area contributed by atoms with Crippen molar-refractivity contribution in [2.24, 2.45) is 5.16 Å². The predicted octanol–water partition coefficient (Wildman–Crippen LogP) is 0.649. The fourth-order valence-corrected chi connectivity index (χ4v) is 1.60. The number of benzene rings is 1. The summed E-state index contributed by atoms with van der Waals surface area (Å²) >= 11 is 0. The van der Waals surface area contributed by atoms with Gasteiger partial charge in [-0.25, -0.2) is 0 Å². The van der Waals surface area contributed by atoms with Crippen LogP contribution in [0.25, 0.3) is 0 Å². The molecular weight excluding hydrogens is 208 g/mol. The lowest BCUT2D eigenvalue weighted by atomic mass is 9.97. The summed E-state index contributed by atoms with van der Waals surface area (Å²) in [6.07, 6.45) is 0. The van der Waals surface area contributed by atoms with Crippen LogP contribution in [0, 0.1) is 0 Å². The summed E-state index contributed by atoms with van der Waals surface area (Å²) in [6, 6.07) is 6.82. The van der Waals surface area contributed by atoms with Gasteiger partial charge in [-0.05, 0) is 6.07 Å². The number of rotatable bonds is 1. The van der Waals surface area contributed by atoms with Crippen LogP contribution >= 0.6 is 0 Å². The number of imide groups is 1. The Hall–Kier alpha value is -2.17. The third kappa shape index (κ3) is 1.37. The molecule has 1 aliphatic rings. The number of carbonyl (C=O) groups excluding carboxylic acids is 2. The highest BCUT2D eigenvalue weighted by molar-refractivity contribution is 6.51. The van der Waals surface area contributed by atoms with Crippen molar-refractivity contribution in [1.82, 2.24) is 4.90 Å². The zero-order valence-corrected chi connectivity index (χ0v) is 8.93. The van der Waals surface area contributed by atoms with E-state index < -0.39 is 5.91 Å². The van der Waals surface area contributed by atoms with E-state index in [2.05, 4.69) is 9.99 Å². The first-order valence-corrected chi connectivity index (χ1v) is 4.69. The molecule has 1 aromatic carbocycles. The van der Waals surface area contributed by atoms with Gasteiger partial charge in [0, 0.05) is 18.2 Å². The van der Waals surface area contributed by atoms with E-state index in [1.807, 2.05) is 0 Å². The molecule has 0 aliphatic carbocycles. The molecule has 1 heterocycles. The zero-order valence-electron chi connectivity index (χ0n) is 8.93. The van der Waals surface area contributed by atoms with Crippen molar-refractivity contribution in [2.45, 2.75) is 0 Å². The van der Waals surface area contributed by atoms with Gasteiger partial charge in [0.1, 0.15) is 7.11 Å². The standard InChI is InChI=1S/C11H10N2O3/c1-13-10(14)8-6-4-3-5-7(8)9(11(13)15)12-16-2/h3-6H,1-2H3. The smallest absolute Gasteiger partial charge is 0.283 e. The Morgan fingerprint density at radius 1 is 1.12 bits per heavy atom. The van der Waals surface area contributed by atoms with Crippen LogP contribution < -0.4 is 0 Å². The second kappa shape index (κ2) is 3.77. The summed E-state index contributed by atoms with van der Waals surface area (Å²) in [5.74, 6) is -0.777. The highest BCUT2D eigenvalue weighted by Crippen LogP contribution is 2.19. The molecule has 0 saturated carbocycles. The number of likely N-dealkylation sites (N-methyl/N-ethyl adjacent to an activating group) is 1. The van der Waals surface area contributed by atoms with Gasteiger partial charge in [0.05, 0.1) is 0 Å². The van der Waals surface area contributed by atoms with Crippen LogP contribution in [0.4, 0.5) is 0 Å². The molecule has 0 bridgehead atoms. The van der Waals surface area contributed by atoms with Gasteiger partial charge in [-0.15, -0.1) is 0 Å². The van der Waals surface area contributed by atoms with E-state index in [1.54, 1.807) is 24.3 Å². The van der Waals surface area contributed by atoms with E-state index in [0.29, 0.717) is 11.1 Å². The van der Waals surface area contributed by atoms with Crippen LogP contribution in [-0.4, -0.2) is 36.6 Å². The van der Waals surface area contributed by atoms with Crippen molar-refractivity contribution in [2.75, 3.05) is 14.2 Å². The van der Waals surface area contributed by atoms with Gasteiger partial charge in [-0.3, -0.25) is 14.5 Å². The number of amides is 2. The second-order valence-electron chi connectivity index (χ2n) is 3.34. The number of hydrogen-bond acceptors (Lipinski definition) is 4. The topological polar surface area (TPSA) is 59.0 Å². The molecule has 0 saturated heterocycles. The van der Waals surface area contributed by atoms with E-state index in [1.165, 1.54) is 14.2 Å². The molecule has 16 heavy (non-hydrogen) atoms. The molecule has 0 N–H and O–H groups in total. The lowest BCUT2D eigenvalue weighted by Gasteiger charge is -2.23. The molecule has 1 aliphatic heterocycles. The van der Waals surface area contributed by atoms with E-state index in [9.17, 15) is 9.59 Å². The number of carbonyl (C=O) groups is 2. The minimum Gasteiger partial charge on any atom is -0.398 e. The Bertz CT molecular complexity index is 494. The fourth-order valence-electron chi connectivity index (χ4n) is 1.60. The molecule has 0 atom stereocenters. The molecule has 0 radical (unpaired) electrons. The van der Waals surface area contributed by atoms with Gasteiger partial charge in [0.25, 0.3) is 11.8 Å². The summed E-state index contributed by atoms with van der Waals surface area (Å²) in [5, 5.41) is 3.66. The van der Waals surface area contributed by atoms with Crippen LogP contribution in [0.1, 0.15) is 15.9 Å². The van der Waals surface area contributed by atoms with Crippen molar-refractivity contribution in [3.63, 3.8) is 0 Å². The summed E-state index contributed by atoms with van der Waals surface area (Å²) in [4.78, 5) is 29.2. The van der Waals surface area contributed by atoms with E-state index in [-0.39, 0.29) is 11.6 Å². The van der Waals surface area contributed by atoms with Crippen molar-refractivity contribution in [3.05, 3.63) is 35.4 Å². The number of oxime groups is 1. The highest BCUT2D eigenvalue weighted by atomic mass is 16.6. The molecule has 0 unspecified atom stereocenters. The molecule has 82 valence electrons. The number of nitrogens with zero attached hydrogens (tertiary/aromatic N) is 2. The van der Waals surface area contributed by atoms with Gasteiger partial charge in [-0.1, -0.05) is 23.4 Å². The molecule has 5 nitrogen and oxygen atoms in total. The molecule has 0 spiro atoms. The maximum Gasteiger partial charge on any atom is 0.283 e. The van der Waals surface area contributed by atoms with Crippen molar-refractivity contribution < 1.29 is 14.4 Å². The molecule has 0 fully saturated rings. The quantitative estimate of drug-likeness (QED) is 0.513. The Labute approximate surface area is 92.3 Å². The molecule has 2 rings (SSSR count). The number of hydrogen-bond donors (Lipinski definition) is 0. The summed E-state index contributed by atoms with van der Waals surface area (Å²) in [6.45, 7) is 0. The van der Waals surface area contributed by atoms with Crippen LogP contribution in [0.3, 0.4) is 0 Å². The minimum absolute atomic E-state index is 0.153. The summed E-state index contributed by atoms with van der Waals surface area (Å²) in [5.41, 5.74) is 1.12. The van der Waals surface area contributed by atoms with Gasteiger partial charge >= 0.3 is 0 Å². The van der Waals surface area contributed by atoms with Crippen molar-refractivity contribution in [3.8, 4) is 0 Å². The average Bonchev–Trinajstić information content (AvgIpc) is 2.32. The zero-order chi connectivity index (χ0) is 11.7. The first-order valence-electron chi connectivity index (χ1n) is 4.69. The number of fused-ring (bicyclic) bond motifs is 1. The van der Waals surface area contributed by atoms with Gasteiger partial charge in [0.2, 0.25) is 0 Å². The van der Waals surface area contributed by atoms with E-state index in [0.717, 1.165) is 4.90 Å². The lowest BCUT2D eigenvalue weighted by molar-refractivity contribution is -0.121. The minimum atomic E-state index is -0.453. The second-order valence-corrected chi connectivity index (χ2v) is 3.34. The Morgan fingerprint density at radius 2 is 1.75 bits per heavy atom. The first-order chi connectivity index (χ1) is 7.66. The molecule has 0 aromatic heterocycles. The Kier molecular flexibility index (Phi) is 2.44. The van der Waals surface area contributed by atoms with Crippen molar-refractivity contribution >= 4 is 17.5 Å². The van der Waals surface area contributed by atoms with Crippen LogP contribution in [-0.2, 0) is 9.63 Å². The normalized spacial score (nSPS) is 17.6. The maximum atomic E-state index is 11.8. The van der Waals surface area contributed by atoms with E-state index in [4.69, 9.17) is 0 Å². The summed E-state index contributed by atoms with van der Waals surface area (Å²) in [7, 11) is 2.78. The van der Waals surface area contributed by atoms with Crippen LogP contribution in [0.15, 0.2) is 29.4 Å². The summed E-state index contributed by atoms with van der Waals surface area (Å²) < 4.78 is 0. The first kappa shape index (κ1) is 10.4.